The Morgan fingerprint density at radius 1 is 0.833 bits per heavy atom. The number of methoxy groups -OCH3 is 1. The highest BCUT2D eigenvalue weighted by molar-refractivity contribution is 6.08. The number of rotatable bonds is 6. The highest BCUT2D eigenvalue weighted by Crippen LogP contribution is 2.19. The monoisotopic (exact) mass is 402 g/mol. The van der Waals surface area contributed by atoms with Gasteiger partial charge in [-0.05, 0) is 55.5 Å². The van der Waals surface area contributed by atoms with Crippen LogP contribution < -0.4 is 10.2 Å². The maximum absolute atomic E-state index is 13.0. The van der Waals surface area contributed by atoms with Crippen LogP contribution in [0.1, 0.15) is 38.0 Å². The molecule has 0 radical (unpaired) electrons. The van der Waals surface area contributed by atoms with Crippen LogP contribution in [0.4, 0.5) is 11.4 Å². The molecule has 3 aromatic carbocycles. The average molecular weight is 402 g/mol. The fourth-order valence-electron chi connectivity index (χ4n) is 3.05. The predicted octanol–water partition coefficient (Wildman–Crippen LogP) is 4.39. The molecule has 152 valence electrons. The van der Waals surface area contributed by atoms with Crippen molar-refractivity contribution >= 4 is 29.2 Å². The summed E-state index contributed by atoms with van der Waals surface area (Å²) in [5, 5.41) is 2.77. The SMILES string of the molecule is CCN(C(=O)c1cccc(NC(=O)c2cccc(C(=O)OC)c2)c1)c1ccccc1. The van der Waals surface area contributed by atoms with E-state index in [1.807, 2.05) is 37.3 Å². The number of hydrogen-bond donors (Lipinski definition) is 1. The van der Waals surface area contributed by atoms with Crippen LogP contribution >= 0.6 is 0 Å². The lowest BCUT2D eigenvalue weighted by Gasteiger charge is -2.21. The zero-order valence-electron chi connectivity index (χ0n) is 16.8. The average Bonchev–Trinajstić information content (AvgIpc) is 2.80. The van der Waals surface area contributed by atoms with Gasteiger partial charge in [-0.2, -0.15) is 0 Å². The molecule has 2 amide bonds. The third kappa shape index (κ3) is 4.72. The van der Waals surface area contributed by atoms with Crippen molar-refractivity contribution in [2.75, 3.05) is 23.9 Å². The van der Waals surface area contributed by atoms with Gasteiger partial charge in [0, 0.05) is 29.0 Å². The Kier molecular flexibility index (Phi) is 6.60. The second kappa shape index (κ2) is 9.52. The number of nitrogens with zero attached hydrogens (tertiary/aromatic N) is 1. The van der Waals surface area contributed by atoms with Gasteiger partial charge in [-0.15, -0.1) is 0 Å². The first kappa shape index (κ1) is 20.8. The maximum Gasteiger partial charge on any atom is 0.337 e. The van der Waals surface area contributed by atoms with Crippen LogP contribution in [-0.2, 0) is 4.74 Å². The second-order valence-corrected chi connectivity index (χ2v) is 6.49. The number of benzene rings is 3. The molecule has 0 spiro atoms. The van der Waals surface area contributed by atoms with E-state index in [2.05, 4.69) is 10.1 Å². The Morgan fingerprint density at radius 3 is 2.20 bits per heavy atom. The zero-order valence-corrected chi connectivity index (χ0v) is 16.8. The van der Waals surface area contributed by atoms with E-state index < -0.39 is 5.97 Å². The maximum atomic E-state index is 13.0. The minimum Gasteiger partial charge on any atom is -0.465 e. The molecule has 0 heterocycles. The summed E-state index contributed by atoms with van der Waals surface area (Å²) in [6, 6.07) is 22.4. The van der Waals surface area contributed by atoms with Crippen LogP contribution in [0, 0.1) is 0 Å². The first-order chi connectivity index (χ1) is 14.5. The lowest BCUT2D eigenvalue weighted by Crippen LogP contribution is -2.30. The van der Waals surface area contributed by atoms with Crippen LogP contribution in [0.3, 0.4) is 0 Å². The van der Waals surface area contributed by atoms with Crippen LogP contribution in [-0.4, -0.2) is 31.4 Å². The van der Waals surface area contributed by atoms with Crippen molar-refractivity contribution in [3.8, 4) is 0 Å². The van der Waals surface area contributed by atoms with Gasteiger partial charge in [-0.25, -0.2) is 4.79 Å². The number of anilines is 2. The molecule has 0 aliphatic carbocycles. The third-order valence-electron chi connectivity index (χ3n) is 4.54. The predicted molar refractivity (Wildman–Crippen MR) is 116 cm³/mol. The van der Waals surface area contributed by atoms with Gasteiger partial charge in [-0.3, -0.25) is 9.59 Å². The minimum absolute atomic E-state index is 0.160. The number of carbonyl (C=O) groups is 3. The number of para-hydroxylation sites is 1. The van der Waals surface area contributed by atoms with E-state index in [-0.39, 0.29) is 17.4 Å². The molecule has 0 saturated heterocycles. The summed E-state index contributed by atoms with van der Waals surface area (Å²) >= 11 is 0. The van der Waals surface area contributed by atoms with Gasteiger partial charge in [-0.1, -0.05) is 30.3 Å². The van der Waals surface area contributed by atoms with E-state index in [1.54, 1.807) is 47.4 Å². The van der Waals surface area contributed by atoms with Crippen molar-refractivity contribution < 1.29 is 19.1 Å². The minimum atomic E-state index is -0.516. The highest BCUT2D eigenvalue weighted by Gasteiger charge is 2.17. The Bertz CT molecular complexity index is 1060. The largest absolute Gasteiger partial charge is 0.465 e. The van der Waals surface area contributed by atoms with E-state index in [0.717, 1.165) is 5.69 Å². The summed E-state index contributed by atoms with van der Waals surface area (Å²) in [5.74, 6) is -1.06. The zero-order chi connectivity index (χ0) is 21.5. The molecule has 0 aromatic heterocycles. The summed E-state index contributed by atoms with van der Waals surface area (Å²) < 4.78 is 4.69. The Balaban J connectivity index is 1.79. The normalized spacial score (nSPS) is 10.2. The van der Waals surface area contributed by atoms with Gasteiger partial charge >= 0.3 is 5.97 Å². The van der Waals surface area contributed by atoms with E-state index in [1.165, 1.54) is 13.2 Å². The standard InChI is InChI=1S/C24H22N2O4/c1-3-26(21-13-5-4-6-14-21)23(28)18-10-8-12-20(16-18)25-22(27)17-9-7-11-19(15-17)24(29)30-2/h4-16H,3H2,1-2H3,(H,25,27). The van der Waals surface area contributed by atoms with E-state index in [0.29, 0.717) is 23.4 Å². The third-order valence-corrected chi connectivity index (χ3v) is 4.54. The van der Waals surface area contributed by atoms with Gasteiger partial charge in [0.2, 0.25) is 0 Å². The molecular weight excluding hydrogens is 380 g/mol. The van der Waals surface area contributed by atoms with E-state index in [4.69, 9.17) is 0 Å². The van der Waals surface area contributed by atoms with Crippen molar-refractivity contribution in [2.24, 2.45) is 0 Å². The summed E-state index contributed by atoms with van der Waals surface area (Å²) in [4.78, 5) is 39.0. The summed E-state index contributed by atoms with van der Waals surface area (Å²) in [6.45, 7) is 2.42. The molecule has 0 aliphatic rings. The Morgan fingerprint density at radius 2 is 1.50 bits per heavy atom. The van der Waals surface area contributed by atoms with Crippen molar-refractivity contribution in [3.63, 3.8) is 0 Å². The fraction of sp³-hybridized carbons (Fsp3) is 0.125. The van der Waals surface area contributed by atoms with Gasteiger partial charge in [0.1, 0.15) is 0 Å². The molecule has 3 rings (SSSR count). The van der Waals surface area contributed by atoms with Crippen molar-refractivity contribution in [1.82, 2.24) is 0 Å². The Hall–Kier alpha value is -3.93. The van der Waals surface area contributed by atoms with Crippen LogP contribution in [0.15, 0.2) is 78.9 Å². The molecule has 0 unspecified atom stereocenters. The fourth-order valence-corrected chi connectivity index (χ4v) is 3.05. The van der Waals surface area contributed by atoms with Crippen LogP contribution in [0.5, 0.6) is 0 Å². The lowest BCUT2D eigenvalue weighted by molar-refractivity contribution is 0.0600. The van der Waals surface area contributed by atoms with Crippen LogP contribution in [0.25, 0.3) is 0 Å². The molecule has 1 N–H and O–H groups in total. The number of ether oxygens (including phenoxy) is 1. The molecular formula is C24H22N2O4. The van der Waals surface area contributed by atoms with Gasteiger partial charge in [0.15, 0.2) is 0 Å². The topological polar surface area (TPSA) is 75.7 Å². The number of carbonyl (C=O) groups excluding carboxylic acids is 3. The second-order valence-electron chi connectivity index (χ2n) is 6.49. The van der Waals surface area contributed by atoms with Gasteiger partial charge < -0.3 is 15.0 Å². The molecule has 0 fully saturated rings. The number of esters is 1. The molecule has 0 aliphatic heterocycles. The number of nitrogens with one attached hydrogen (secondary N) is 1. The number of hydrogen-bond acceptors (Lipinski definition) is 4. The first-order valence-corrected chi connectivity index (χ1v) is 9.50. The van der Waals surface area contributed by atoms with Gasteiger partial charge in [0.25, 0.3) is 11.8 Å². The summed E-state index contributed by atoms with van der Waals surface area (Å²) in [7, 11) is 1.28. The summed E-state index contributed by atoms with van der Waals surface area (Å²) in [6.07, 6.45) is 0. The molecule has 0 bridgehead atoms. The molecule has 0 atom stereocenters. The molecule has 0 saturated carbocycles. The smallest absolute Gasteiger partial charge is 0.337 e. The molecule has 3 aromatic rings. The molecule has 6 heteroatoms. The number of amides is 2. The lowest BCUT2D eigenvalue weighted by atomic mass is 10.1. The molecule has 6 nitrogen and oxygen atoms in total. The Labute approximate surface area is 175 Å². The first-order valence-electron chi connectivity index (χ1n) is 9.50. The van der Waals surface area contributed by atoms with Gasteiger partial charge in [0.05, 0.1) is 12.7 Å². The van der Waals surface area contributed by atoms with E-state index in [9.17, 15) is 14.4 Å². The highest BCUT2D eigenvalue weighted by atomic mass is 16.5. The quantitative estimate of drug-likeness (QED) is 0.621. The van der Waals surface area contributed by atoms with E-state index >= 15 is 0 Å². The van der Waals surface area contributed by atoms with Crippen molar-refractivity contribution in [3.05, 3.63) is 95.6 Å². The van der Waals surface area contributed by atoms with Crippen LogP contribution in [0.2, 0.25) is 0 Å². The van der Waals surface area contributed by atoms with Crippen molar-refractivity contribution in [1.29, 1.82) is 0 Å². The van der Waals surface area contributed by atoms with Crippen molar-refractivity contribution in [2.45, 2.75) is 6.92 Å². The molecule has 30 heavy (non-hydrogen) atoms. The summed E-state index contributed by atoms with van der Waals surface area (Å²) in [5.41, 5.74) is 2.35.